The fourth-order valence-corrected chi connectivity index (χ4v) is 2.97. The van der Waals surface area contributed by atoms with Crippen LogP contribution in [0.4, 0.5) is 0 Å². The maximum Gasteiger partial charge on any atom is 0.0118 e. The molecule has 0 aromatic carbocycles. The molecule has 1 aliphatic carbocycles. The molecule has 1 heterocycles. The van der Waals surface area contributed by atoms with Crippen LogP contribution in [0.3, 0.4) is 0 Å². The Morgan fingerprint density at radius 2 is 1.83 bits per heavy atom. The van der Waals surface area contributed by atoms with Crippen molar-refractivity contribution in [1.82, 2.24) is 4.90 Å². The second-order valence-electron chi connectivity index (χ2n) is 5.08. The molecule has 12 heavy (non-hydrogen) atoms. The third kappa shape index (κ3) is 1.28. The van der Waals surface area contributed by atoms with Crippen LogP contribution in [0.2, 0.25) is 0 Å². The smallest absolute Gasteiger partial charge is 0.0118 e. The second-order valence-corrected chi connectivity index (χ2v) is 5.08. The quantitative estimate of drug-likeness (QED) is 0.579. The Morgan fingerprint density at radius 3 is 2.33 bits per heavy atom. The molecular weight excluding hydrogens is 146 g/mol. The monoisotopic (exact) mass is 167 g/mol. The topological polar surface area (TPSA) is 3.24 Å². The van der Waals surface area contributed by atoms with Crippen molar-refractivity contribution >= 4 is 0 Å². The van der Waals surface area contributed by atoms with Crippen LogP contribution in [0.1, 0.15) is 33.1 Å². The highest BCUT2D eigenvalue weighted by Gasteiger charge is 2.39. The summed E-state index contributed by atoms with van der Waals surface area (Å²) in [7, 11) is 2.30. The van der Waals surface area contributed by atoms with Gasteiger partial charge >= 0.3 is 0 Å². The molecule has 3 atom stereocenters. The van der Waals surface area contributed by atoms with E-state index in [2.05, 4.69) is 25.8 Å². The molecule has 1 heteroatoms. The van der Waals surface area contributed by atoms with Gasteiger partial charge in [-0.25, -0.2) is 0 Å². The third-order valence-corrected chi connectivity index (χ3v) is 3.98. The average molecular weight is 167 g/mol. The molecule has 1 aliphatic heterocycles. The SMILES string of the molecule is CC(C)[C@H]1C[C@@H]2CC[C@@H]2CN1C. The van der Waals surface area contributed by atoms with E-state index in [-0.39, 0.29) is 0 Å². The molecule has 0 radical (unpaired) electrons. The summed E-state index contributed by atoms with van der Waals surface area (Å²) in [5.41, 5.74) is 0. The maximum atomic E-state index is 2.59. The zero-order chi connectivity index (χ0) is 8.72. The molecule has 2 aliphatic rings. The number of hydrogen-bond donors (Lipinski definition) is 0. The minimum absolute atomic E-state index is 0.844. The highest BCUT2D eigenvalue weighted by molar-refractivity contribution is 4.92. The van der Waals surface area contributed by atoms with Crippen molar-refractivity contribution in [3.05, 3.63) is 0 Å². The fraction of sp³-hybridized carbons (Fsp3) is 1.00. The molecule has 70 valence electrons. The molecule has 2 fully saturated rings. The summed E-state index contributed by atoms with van der Waals surface area (Å²) in [5, 5.41) is 0. The predicted octanol–water partition coefficient (Wildman–Crippen LogP) is 2.37. The average Bonchev–Trinajstić information content (AvgIpc) is 1.96. The standard InChI is InChI=1S/C11H21N/c1-8(2)11-6-9-4-5-10(9)7-12(11)3/h8-11H,4-7H2,1-3H3/t9-,10+,11+/m0/s1. The van der Waals surface area contributed by atoms with Crippen LogP contribution in [0, 0.1) is 17.8 Å². The van der Waals surface area contributed by atoms with E-state index in [0.29, 0.717) is 0 Å². The number of piperidine rings is 1. The second kappa shape index (κ2) is 3.02. The van der Waals surface area contributed by atoms with Gasteiger partial charge in [0.1, 0.15) is 0 Å². The van der Waals surface area contributed by atoms with Gasteiger partial charge in [0, 0.05) is 12.6 Å². The summed E-state index contributed by atoms with van der Waals surface area (Å²) in [6.07, 6.45) is 4.49. The highest BCUT2D eigenvalue weighted by atomic mass is 15.1. The van der Waals surface area contributed by atoms with Gasteiger partial charge in [0.25, 0.3) is 0 Å². The van der Waals surface area contributed by atoms with E-state index < -0.39 is 0 Å². The summed E-state index contributed by atoms with van der Waals surface area (Å²) in [6, 6.07) is 0.867. The van der Waals surface area contributed by atoms with E-state index in [1.807, 2.05) is 0 Å². The van der Waals surface area contributed by atoms with Gasteiger partial charge in [-0.1, -0.05) is 13.8 Å². The van der Waals surface area contributed by atoms with E-state index in [0.717, 1.165) is 23.8 Å². The minimum Gasteiger partial charge on any atom is -0.303 e. The molecule has 0 aromatic heterocycles. The van der Waals surface area contributed by atoms with E-state index in [1.165, 1.54) is 25.8 Å². The van der Waals surface area contributed by atoms with Crippen molar-refractivity contribution < 1.29 is 0 Å². The molecule has 0 spiro atoms. The summed E-state index contributed by atoms with van der Waals surface area (Å²) in [6.45, 7) is 6.09. The number of rotatable bonds is 1. The van der Waals surface area contributed by atoms with Crippen LogP contribution in [0.15, 0.2) is 0 Å². The Kier molecular flexibility index (Phi) is 2.16. The lowest BCUT2D eigenvalue weighted by molar-refractivity contribution is 0.00314. The van der Waals surface area contributed by atoms with Gasteiger partial charge in [-0.3, -0.25) is 0 Å². The Balaban J connectivity index is 1.97. The summed E-state index contributed by atoms with van der Waals surface area (Å²) in [5.74, 6) is 3.00. The van der Waals surface area contributed by atoms with E-state index in [1.54, 1.807) is 0 Å². The molecule has 0 aromatic rings. The first-order valence-electron chi connectivity index (χ1n) is 5.38. The van der Waals surface area contributed by atoms with Crippen LogP contribution in [0.25, 0.3) is 0 Å². The Labute approximate surface area is 76.1 Å². The minimum atomic E-state index is 0.844. The molecule has 1 saturated heterocycles. The first kappa shape index (κ1) is 8.55. The number of hydrogen-bond acceptors (Lipinski definition) is 1. The van der Waals surface area contributed by atoms with Crippen molar-refractivity contribution in [1.29, 1.82) is 0 Å². The molecule has 0 amide bonds. The summed E-state index contributed by atoms with van der Waals surface area (Å²) >= 11 is 0. The Bertz CT molecular complexity index is 164. The fourth-order valence-electron chi connectivity index (χ4n) is 2.97. The highest BCUT2D eigenvalue weighted by Crippen LogP contribution is 2.43. The van der Waals surface area contributed by atoms with Gasteiger partial charge in [0.05, 0.1) is 0 Å². The molecule has 0 unspecified atom stereocenters. The van der Waals surface area contributed by atoms with Gasteiger partial charge in [-0.2, -0.15) is 0 Å². The zero-order valence-corrected chi connectivity index (χ0v) is 8.59. The molecule has 0 N–H and O–H groups in total. The first-order valence-corrected chi connectivity index (χ1v) is 5.38. The van der Waals surface area contributed by atoms with E-state index in [4.69, 9.17) is 0 Å². The molecule has 2 rings (SSSR count). The maximum absolute atomic E-state index is 2.59. The van der Waals surface area contributed by atoms with Crippen molar-refractivity contribution in [2.75, 3.05) is 13.6 Å². The van der Waals surface area contributed by atoms with Crippen LogP contribution < -0.4 is 0 Å². The van der Waals surface area contributed by atoms with Crippen LogP contribution >= 0.6 is 0 Å². The van der Waals surface area contributed by atoms with E-state index in [9.17, 15) is 0 Å². The van der Waals surface area contributed by atoms with Crippen molar-refractivity contribution in [3.63, 3.8) is 0 Å². The Hall–Kier alpha value is -0.0400. The lowest BCUT2D eigenvalue weighted by atomic mass is 9.66. The van der Waals surface area contributed by atoms with Gasteiger partial charge in [0.15, 0.2) is 0 Å². The van der Waals surface area contributed by atoms with Crippen LogP contribution in [-0.2, 0) is 0 Å². The molecule has 1 saturated carbocycles. The van der Waals surface area contributed by atoms with Gasteiger partial charge in [0.2, 0.25) is 0 Å². The van der Waals surface area contributed by atoms with E-state index >= 15 is 0 Å². The summed E-state index contributed by atoms with van der Waals surface area (Å²) in [4.78, 5) is 2.59. The van der Waals surface area contributed by atoms with Crippen molar-refractivity contribution in [2.45, 2.75) is 39.2 Å². The van der Waals surface area contributed by atoms with Gasteiger partial charge < -0.3 is 4.90 Å². The normalized spacial score (nSPS) is 42.5. The molecular formula is C11H21N. The van der Waals surface area contributed by atoms with Crippen LogP contribution in [0.5, 0.6) is 0 Å². The lowest BCUT2D eigenvalue weighted by Crippen LogP contribution is -2.50. The van der Waals surface area contributed by atoms with Gasteiger partial charge in [-0.05, 0) is 44.1 Å². The third-order valence-electron chi connectivity index (χ3n) is 3.98. The largest absolute Gasteiger partial charge is 0.303 e. The number of nitrogens with zero attached hydrogens (tertiary/aromatic N) is 1. The zero-order valence-electron chi connectivity index (χ0n) is 8.59. The first-order chi connectivity index (χ1) is 5.68. The predicted molar refractivity (Wildman–Crippen MR) is 52.1 cm³/mol. The number of fused-ring (bicyclic) bond motifs is 1. The van der Waals surface area contributed by atoms with Gasteiger partial charge in [-0.15, -0.1) is 0 Å². The molecule has 0 bridgehead atoms. The Morgan fingerprint density at radius 1 is 1.17 bits per heavy atom. The summed E-state index contributed by atoms with van der Waals surface area (Å²) < 4.78 is 0. The van der Waals surface area contributed by atoms with Crippen molar-refractivity contribution in [3.8, 4) is 0 Å². The van der Waals surface area contributed by atoms with Crippen molar-refractivity contribution in [2.24, 2.45) is 17.8 Å². The van der Waals surface area contributed by atoms with Crippen LogP contribution in [-0.4, -0.2) is 24.5 Å². The molecule has 1 nitrogen and oxygen atoms in total. The number of likely N-dealkylation sites (tertiary alicyclic amines) is 1. The lowest BCUT2D eigenvalue weighted by Gasteiger charge is -2.49.